The van der Waals surface area contributed by atoms with Crippen LogP contribution >= 0.6 is 0 Å². The maximum atomic E-state index is 2.51. The fourth-order valence-electron chi connectivity index (χ4n) is 3.48. The smallest absolute Gasteiger partial charge is 0.0152 e. The maximum Gasteiger partial charge on any atom is -0.0152 e. The van der Waals surface area contributed by atoms with Gasteiger partial charge in [0.1, 0.15) is 0 Å². The Labute approximate surface area is 116 Å². The van der Waals surface area contributed by atoms with Gasteiger partial charge in [0, 0.05) is 0 Å². The van der Waals surface area contributed by atoms with Crippen molar-refractivity contribution in [1.82, 2.24) is 0 Å². The van der Waals surface area contributed by atoms with Gasteiger partial charge in [-0.25, -0.2) is 0 Å². The molecule has 0 amide bonds. The molecule has 100 valence electrons. The first-order valence-corrected chi connectivity index (χ1v) is 7.90. The largest absolute Gasteiger partial charge is 0.0654 e. The van der Waals surface area contributed by atoms with Crippen molar-refractivity contribution < 1.29 is 0 Å². The van der Waals surface area contributed by atoms with Crippen molar-refractivity contribution in [3.05, 3.63) is 47.5 Å². The van der Waals surface area contributed by atoms with E-state index < -0.39 is 0 Å². The predicted molar refractivity (Wildman–Crippen MR) is 83.8 cm³/mol. The van der Waals surface area contributed by atoms with E-state index in [2.05, 4.69) is 43.3 Å². The van der Waals surface area contributed by atoms with Gasteiger partial charge in [-0.2, -0.15) is 0 Å². The molecule has 0 heteroatoms. The van der Waals surface area contributed by atoms with E-state index in [4.69, 9.17) is 0 Å². The number of unbranched alkanes of at least 4 members (excludes halogenated alkanes) is 1. The summed E-state index contributed by atoms with van der Waals surface area (Å²) in [7, 11) is 0. The van der Waals surface area contributed by atoms with Crippen LogP contribution in [0.15, 0.2) is 36.4 Å². The van der Waals surface area contributed by atoms with Gasteiger partial charge in [-0.3, -0.25) is 0 Å². The number of hydrogen-bond acceptors (Lipinski definition) is 0. The van der Waals surface area contributed by atoms with Crippen molar-refractivity contribution in [2.24, 2.45) is 0 Å². The summed E-state index contributed by atoms with van der Waals surface area (Å²) in [6, 6.07) is 13.9. The molecule has 2 aromatic carbocycles. The van der Waals surface area contributed by atoms with Crippen LogP contribution in [0.2, 0.25) is 0 Å². The number of benzene rings is 2. The molecule has 0 unspecified atom stereocenters. The average molecular weight is 252 g/mol. The lowest BCUT2D eigenvalue weighted by Gasteiger charge is -2.14. The zero-order chi connectivity index (χ0) is 13.1. The van der Waals surface area contributed by atoms with Crippen molar-refractivity contribution in [2.45, 2.75) is 57.8 Å². The van der Waals surface area contributed by atoms with E-state index in [0.717, 1.165) is 5.92 Å². The fourth-order valence-corrected chi connectivity index (χ4v) is 3.48. The molecular weight excluding hydrogens is 228 g/mol. The first kappa shape index (κ1) is 12.7. The Morgan fingerprint density at radius 1 is 1.05 bits per heavy atom. The molecule has 2 aromatic rings. The minimum absolute atomic E-state index is 0.824. The van der Waals surface area contributed by atoms with E-state index in [0.29, 0.717) is 0 Å². The predicted octanol–water partition coefficient (Wildman–Crippen LogP) is 5.84. The van der Waals surface area contributed by atoms with E-state index in [-0.39, 0.29) is 0 Å². The highest BCUT2D eigenvalue weighted by molar-refractivity contribution is 5.86. The van der Waals surface area contributed by atoms with E-state index in [1.807, 2.05) is 0 Å². The zero-order valence-corrected chi connectivity index (χ0v) is 12.0. The number of hydrogen-bond donors (Lipinski definition) is 0. The highest BCUT2D eigenvalue weighted by Crippen LogP contribution is 2.36. The molecule has 3 rings (SSSR count). The second-order valence-corrected chi connectivity index (χ2v) is 5.99. The summed E-state index contributed by atoms with van der Waals surface area (Å²) in [4.78, 5) is 0. The fraction of sp³-hybridized carbons (Fsp3) is 0.474. The molecule has 1 aliphatic rings. The van der Waals surface area contributed by atoms with Gasteiger partial charge in [0.2, 0.25) is 0 Å². The van der Waals surface area contributed by atoms with Crippen LogP contribution in [0.1, 0.15) is 62.5 Å². The molecule has 0 spiro atoms. The first-order valence-electron chi connectivity index (χ1n) is 7.90. The normalized spacial score (nSPS) is 16.3. The Morgan fingerprint density at radius 3 is 2.63 bits per heavy atom. The van der Waals surface area contributed by atoms with E-state index >= 15 is 0 Å². The standard InChI is InChI=1S/C19H24/c1-2-3-8-16-13-18(15-9-4-5-10-15)14-17-11-6-7-12-19(16)17/h6-7,11-15H,2-5,8-10H2,1H3. The molecule has 0 saturated heterocycles. The number of rotatable bonds is 4. The highest BCUT2D eigenvalue weighted by Gasteiger charge is 2.18. The summed E-state index contributed by atoms with van der Waals surface area (Å²) in [5, 5.41) is 2.91. The lowest BCUT2D eigenvalue weighted by molar-refractivity contribution is 0.721. The second-order valence-electron chi connectivity index (χ2n) is 5.99. The zero-order valence-electron chi connectivity index (χ0n) is 12.0. The van der Waals surface area contributed by atoms with E-state index in [9.17, 15) is 0 Å². The summed E-state index contributed by atoms with van der Waals surface area (Å²) >= 11 is 0. The second kappa shape index (κ2) is 5.77. The Morgan fingerprint density at radius 2 is 1.84 bits per heavy atom. The van der Waals surface area contributed by atoms with Gasteiger partial charge >= 0.3 is 0 Å². The third-order valence-corrected chi connectivity index (χ3v) is 4.60. The van der Waals surface area contributed by atoms with Gasteiger partial charge in [-0.15, -0.1) is 0 Å². The molecule has 19 heavy (non-hydrogen) atoms. The van der Waals surface area contributed by atoms with Gasteiger partial charge in [-0.05, 0) is 53.5 Å². The van der Waals surface area contributed by atoms with Crippen LogP contribution in [0, 0.1) is 0 Å². The maximum absolute atomic E-state index is 2.51. The molecule has 0 nitrogen and oxygen atoms in total. The molecule has 0 atom stereocenters. The van der Waals surface area contributed by atoms with Crippen molar-refractivity contribution in [3.63, 3.8) is 0 Å². The van der Waals surface area contributed by atoms with E-state index in [1.54, 1.807) is 11.1 Å². The number of aryl methyl sites for hydroxylation is 1. The molecule has 0 aromatic heterocycles. The first-order chi connectivity index (χ1) is 9.38. The van der Waals surface area contributed by atoms with Gasteiger partial charge in [0.05, 0.1) is 0 Å². The quantitative estimate of drug-likeness (QED) is 0.641. The summed E-state index contributed by atoms with van der Waals surface area (Å²) in [6.45, 7) is 2.28. The molecule has 0 bridgehead atoms. The molecule has 1 saturated carbocycles. The Hall–Kier alpha value is -1.30. The van der Waals surface area contributed by atoms with Crippen LogP contribution in [0.4, 0.5) is 0 Å². The van der Waals surface area contributed by atoms with Crippen LogP contribution < -0.4 is 0 Å². The van der Waals surface area contributed by atoms with Gasteiger partial charge < -0.3 is 0 Å². The van der Waals surface area contributed by atoms with Crippen LogP contribution in [-0.4, -0.2) is 0 Å². The Bertz CT molecular complexity index is 547. The Balaban J connectivity index is 2.03. The van der Waals surface area contributed by atoms with Crippen molar-refractivity contribution in [2.75, 3.05) is 0 Å². The van der Waals surface area contributed by atoms with Gasteiger partial charge in [0.15, 0.2) is 0 Å². The topological polar surface area (TPSA) is 0 Å². The molecule has 1 aliphatic carbocycles. The van der Waals surface area contributed by atoms with Gasteiger partial charge in [0.25, 0.3) is 0 Å². The highest BCUT2D eigenvalue weighted by atomic mass is 14.2. The lowest BCUT2D eigenvalue weighted by Crippen LogP contribution is -1.96. The van der Waals surface area contributed by atoms with Crippen molar-refractivity contribution in [3.8, 4) is 0 Å². The molecule has 0 aliphatic heterocycles. The lowest BCUT2D eigenvalue weighted by atomic mass is 9.90. The minimum Gasteiger partial charge on any atom is -0.0654 e. The van der Waals surface area contributed by atoms with E-state index in [1.165, 1.54) is 55.7 Å². The van der Waals surface area contributed by atoms with Crippen LogP contribution in [0.25, 0.3) is 10.8 Å². The average Bonchev–Trinajstić information content (AvgIpc) is 2.98. The third-order valence-electron chi connectivity index (χ3n) is 4.60. The summed E-state index contributed by atoms with van der Waals surface area (Å²) < 4.78 is 0. The summed E-state index contributed by atoms with van der Waals surface area (Å²) in [5.74, 6) is 0.824. The van der Waals surface area contributed by atoms with Crippen LogP contribution in [-0.2, 0) is 6.42 Å². The van der Waals surface area contributed by atoms with Crippen molar-refractivity contribution in [1.29, 1.82) is 0 Å². The third kappa shape index (κ3) is 2.68. The molecule has 1 fully saturated rings. The Kier molecular flexibility index (Phi) is 3.87. The molecule has 0 N–H and O–H groups in total. The molecular formula is C19H24. The number of fused-ring (bicyclic) bond motifs is 1. The SMILES string of the molecule is CCCCc1cc(C2CCCC2)cc2ccccc12. The summed E-state index contributed by atoms with van der Waals surface area (Å²) in [5.41, 5.74) is 3.17. The summed E-state index contributed by atoms with van der Waals surface area (Å²) in [6.07, 6.45) is 9.44. The molecule has 0 radical (unpaired) electrons. The van der Waals surface area contributed by atoms with Crippen molar-refractivity contribution >= 4 is 10.8 Å². The van der Waals surface area contributed by atoms with Crippen LogP contribution in [0.3, 0.4) is 0 Å². The van der Waals surface area contributed by atoms with Gasteiger partial charge in [-0.1, -0.05) is 62.6 Å². The molecule has 0 heterocycles. The van der Waals surface area contributed by atoms with Crippen LogP contribution in [0.5, 0.6) is 0 Å². The minimum atomic E-state index is 0.824. The monoisotopic (exact) mass is 252 g/mol.